The molecule has 3 heterocycles. The van der Waals surface area contributed by atoms with Gasteiger partial charge in [0.25, 0.3) is 5.91 Å². The Bertz CT molecular complexity index is 660. The number of amides is 1. The maximum Gasteiger partial charge on any atom is 0.270 e. The van der Waals surface area contributed by atoms with E-state index in [1.54, 1.807) is 16.8 Å². The molecule has 1 fully saturated rings. The van der Waals surface area contributed by atoms with E-state index in [1.807, 2.05) is 35.9 Å². The maximum absolute atomic E-state index is 12.7. The minimum Gasteiger partial charge on any atom is -0.345 e. The van der Waals surface area contributed by atoms with Gasteiger partial charge in [-0.2, -0.15) is 5.10 Å². The first-order chi connectivity index (χ1) is 10.0. The summed E-state index contributed by atoms with van der Waals surface area (Å²) < 4.78 is 3.71. The number of halogens is 1. The molecule has 0 unspecified atom stereocenters. The van der Waals surface area contributed by atoms with Gasteiger partial charge in [0, 0.05) is 26.0 Å². The Kier molecular flexibility index (Phi) is 3.76. The quantitative estimate of drug-likeness (QED) is 0.874. The lowest BCUT2D eigenvalue weighted by molar-refractivity contribution is 0.0712. The fourth-order valence-corrected chi connectivity index (χ4v) is 3.21. The molecule has 1 saturated heterocycles. The summed E-state index contributed by atoms with van der Waals surface area (Å²) in [4.78, 5) is 14.7. The molecule has 21 heavy (non-hydrogen) atoms. The van der Waals surface area contributed by atoms with Crippen molar-refractivity contribution in [2.45, 2.75) is 32.4 Å². The number of aromatic nitrogens is 3. The van der Waals surface area contributed by atoms with Crippen molar-refractivity contribution in [2.75, 3.05) is 6.54 Å². The SMILES string of the molecule is Cc1cnn(C[C@@H]2CCCN2C(=O)c2cc(Cl)cn2C)c1. The van der Waals surface area contributed by atoms with Crippen LogP contribution in [0.25, 0.3) is 0 Å². The van der Waals surface area contributed by atoms with E-state index < -0.39 is 0 Å². The number of nitrogens with zero attached hydrogens (tertiary/aromatic N) is 4. The zero-order chi connectivity index (χ0) is 15.0. The third kappa shape index (κ3) is 2.83. The molecule has 0 bridgehead atoms. The molecule has 0 N–H and O–H groups in total. The smallest absolute Gasteiger partial charge is 0.270 e. The van der Waals surface area contributed by atoms with E-state index in [0.29, 0.717) is 10.7 Å². The van der Waals surface area contributed by atoms with Crippen LogP contribution < -0.4 is 0 Å². The number of likely N-dealkylation sites (tertiary alicyclic amines) is 1. The standard InChI is InChI=1S/C15H19ClN4O/c1-11-7-17-19(8-11)10-13-4-3-5-20(13)15(21)14-6-12(16)9-18(14)2/h6-9,13H,3-5,10H2,1-2H3/t13-/m0/s1. The summed E-state index contributed by atoms with van der Waals surface area (Å²) >= 11 is 5.98. The van der Waals surface area contributed by atoms with Crippen LogP contribution in [-0.2, 0) is 13.6 Å². The Morgan fingerprint density at radius 1 is 1.48 bits per heavy atom. The molecule has 1 aliphatic heterocycles. The molecule has 0 spiro atoms. The zero-order valence-corrected chi connectivity index (χ0v) is 13.0. The Morgan fingerprint density at radius 2 is 2.29 bits per heavy atom. The molecule has 6 heteroatoms. The van der Waals surface area contributed by atoms with Gasteiger partial charge < -0.3 is 9.47 Å². The van der Waals surface area contributed by atoms with Crippen LogP contribution in [0, 0.1) is 6.92 Å². The summed E-state index contributed by atoms with van der Waals surface area (Å²) in [5.74, 6) is 0.0516. The fraction of sp³-hybridized carbons (Fsp3) is 0.467. The third-order valence-electron chi connectivity index (χ3n) is 3.99. The summed E-state index contributed by atoms with van der Waals surface area (Å²) in [6.45, 7) is 3.57. The van der Waals surface area contributed by atoms with E-state index in [2.05, 4.69) is 5.10 Å². The van der Waals surface area contributed by atoms with Gasteiger partial charge in [0.1, 0.15) is 5.69 Å². The first kappa shape index (κ1) is 14.2. The molecule has 1 atom stereocenters. The Hall–Kier alpha value is -1.75. The van der Waals surface area contributed by atoms with Gasteiger partial charge >= 0.3 is 0 Å². The Labute approximate surface area is 129 Å². The molecule has 0 aliphatic carbocycles. The first-order valence-corrected chi connectivity index (χ1v) is 7.54. The third-order valence-corrected chi connectivity index (χ3v) is 4.20. The first-order valence-electron chi connectivity index (χ1n) is 7.16. The number of rotatable bonds is 3. The maximum atomic E-state index is 12.7. The van der Waals surface area contributed by atoms with Crippen molar-refractivity contribution in [2.24, 2.45) is 7.05 Å². The largest absolute Gasteiger partial charge is 0.345 e. The summed E-state index contributed by atoms with van der Waals surface area (Å²) in [6, 6.07) is 1.93. The number of hydrogen-bond donors (Lipinski definition) is 0. The van der Waals surface area contributed by atoms with Crippen molar-refractivity contribution in [1.29, 1.82) is 0 Å². The van der Waals surface area contributed by atoms with Crippen molar-refractivity contribution in [3.63, 3.8) is 0 Å². The summed E-state index contributed by atoms with van der Waals surface area (Å²) in [5, 5.41) is 4.92. The molecule has 2 aromatic rings. The molecule has 2 aromatic heterocycles. The molecule has 0 aromatic carbocycles. The van der Waals surface area contributed by atoms with Crippen molar-refractivity contribution in [1.82, 2.24) is 19.2 Å². The Balaban J connectivity index is 1.77. The van der Waals surface area contributed by atoms with Gasteiger partial charge in [0.05, 0.1) is 23.8 Å². The highest BCUT2D eigenvalue weighted by Crippen LogP contribution is 2.23. The van der Waals surface area contributed by atoms with Gasteiger partial charge in [-0.1, -0.05) is 11.6 Å². The van der Waals surface area contributed by atoms with Crippen LogP contribution in [0.5, 0.6) is 0 Å². The molecular weight excluding hydrogens is 288 g/mol. The molecule has 0 saturated carbocycles. The van der Waals surface area contributed by atoms with Gasteiger partial charge in [0.2, 0.25) is 0 Å². The number of hydrogen-bond acceptors (Lipinski definition) is 2. The van der Waals surface area contributed by atoms with Gasteiger partial charge in [-0.05, 0) is 31.4 Å². The predicted octanol–water partition coefficient (Wildman–Crippen LogP) is 2.49. The van der Waals surface area contributed by atoms with Crippen LogP contribution in [0.1, 0.15) is 28.9 Å². The molecule has 112 valence electrons. The molecule has 5 nitrogen and oxygen atoms in total. The summed E-state index contributed by atoms with van der Waals surface area (Å²) in [7, 11) is 1.85. The molecule has 0 radical (unpaired) electrons. The van der Waals surface area contributed by atoms with Crippen LogP contribution in [0.3, 0.4) is 0 Å². The van der Waals surface area contributed by atoms with Gasteiger partial charge in [-0.15, -0.1) is 0 Å². The minimum absolute atomic E-state index is 0.0516. The second-order valence-corrected chi connectivity index (χ2v) is 6.13. The topological polar surface area (TPSA) is 43.1 Å². The molecule has 1 aliphatic rings. The van der Waals surface area contributed by atoms with Crippen LogP contribution in [-0.4, -0.2) is 37.7 Å². The zero-order valence-electron chi connectivity index (χ0n) is 12.3. The van der Waals surface area contributed by atoms with Crippen molar-refractivity contribution in [3.8, 4) is 0 Å². The highest BCUT2D eigenvalue weighted by atomic mass is 35.5. The van der Waals surface area contributed by atoms with Crippen molar-refractivity contribution >= 4 is 17.5 Å². The van der Waals surface area contributed by atoms with Gasteiger partial charge in [-0.3, -0.25) is 9.48 Å². The lowest BCUT2D eigenvalue weighted by atomic mass is 10.2. The van der Waals surface area contributed by atoms with E-state index in [-0.39, 0.29) is 11.9 Å². The predicted molar refractivity (Wildman–Crippen MR) is 81.4 cm³/mol. The van der Waals surface area contributed by atoms with E-state index >= 15 is 0 Å². The number of carbonyl (C=O) groups is 1. The van der Waals surface area contributed by atoms with Crippen LogP contribution in [0.2, 0.25) is 5.02 Å². The minimum atomic E-state index is 0.0516. The lowest BCUT2D eigenvalue weighted by Crippen LogP contribution is -2.38. The monoisotopic (exact) mass is 306 g/mol. The van der Waals surface area contributed by atoms with E-state index in [9.17, 15) is 4.79 Å². The second-order valence-electron chi connectivity index (χ2n) is 5.69. The van der Waals surface area contributed by atoms with Crippen LogP contribution >= 0.6 is 11.6 Å². The van der Waals surface area contributed by atoms with E-state index in [1.165, 1.54) is 0 Å². The number of aryl methyl sites for hydroxylation is 2. The molecule has 1 amide bonds. The van der Waals surface area contributed by atoms with Gasteiger partial charge in [0.15, 0.2) is 0 Å². The Morgan fingerprint density at radius 3 is 2.90 bits per heavy atom. The van der Waals surface area contributed by atoms with Crippen LogP contribution in [0.4, 0.5) is 0 Å². The molecular formula is C15H19ClN4O. The van der Waals surface area contributed by atoms with Crippen LogP contribution in [0.15, 0.2) is 24.7 Å². The molecule has 3 rings (SSSR count). The highest BCUT2D eigenvalue weighted by Gasteiger charge is 2.31. The average molecular weight is 307 g/mol. The summed E-state index contributed by atoms with van der Waals surface area (Å²) in [5.41, 5.74) is 1.78. The number of carbonyl (C=O) groups excluding carboxylic acids is 1. The van der Waals surface area contributed by atoms with Gasteiger partial charge in [-0.25, -0.2) is 0 Å². The van der Waals surface area contributed by atoms with Crippen molar-refractivity contribution in [3.05, 3.63) is 40.9 Å². The normalized spacial score (nSPS) is 18.4. The van der Waals surface area contributed by atoms with E-state index in [4.69, 9.17) is 11.6 Å². The highest BCUT2D eigenvalue weighted by molar-refractivity contribution is 6.31. The summed E-state index contributed by atoms with van der Waals surface area (Å²) in [6.07, 6.45) is 7.67. The van der Waals surface area contributed by atoms with E-state index in [0.717, 1.165) is 31.5 Å². The second kappa shape index (κ2) is 5.56. The fourth-order valence-electron chi connectivity index (χ4n) is 2.96. The lowest BCUT2D eigenvalue weighted by Gasteiger charge is -2.24. The average Bonchev–Trinajstić information content (AvgIpc) is 3.11. The van der Waals surface area contributed by atoms with Crippen molar-refractivity contribution < 1.29 is 4.79 Å².